The maximum atomic E-state index is 14.7. The Kier molecular flexibility index (Phi) is 5.29. The maximum Gasteiger partial charge on any atom is 0.194 e. The van der Waals surface area contributed by atoms with E-state index >= 15 is 0 Å². The lowest BCUT2D eigenvalue weighted by Crippen LogP contribution is -2.30. The van der Waals surface area contributed by atoms with Gasteiger partial charge in [-0.2, -0.15) is 0 Å². The number of benzene rings is 5. The Morgan fingerprint density at radius 1 is 0.455 bits per heavy atom. The summed E-state index contributed by atoms with van der Waals surface area (Å²) in [5.74, 6) is 2.27. The first kappa shape index (κ1) is 24.8. The summed E-state index contributed by atoms with van der Waals surface area (Å²) < 4.78 is 12.8. The molecule has 0 amide bonds. The van der Waals surface area contributed by atoms with E-state index in [2.05, 4.69) is 18.2 Å². The van der Waals surface area contributed by atoms with Crippen molar-refractivity contribution in [2.45, 2.75) is 5.92 Å². The molecule has 0 N–H and O–H groups in total. The minimum absolute atomic E-state index is 0.135. The second-order valence-corrected chi connectivity index (χ2v) is 11.4. The molecule has 5 aromatic carbocycles. The van der Waals surface area contributed by atoms with Gasteiger partial charge in [-0.3, -0.25) is 9.59 Å². The summed E-state index contributed by atoms with van der Waals surface area (Å²) in [4.78, 5) is 28.7. The summed E-state index contributed by atoms with van der Waals surface area (Å²) in [6.45, 7) is 0. The molecule has 0 aromatic heterocycles. The third-order valence-electron chi connectivity index (χ3n) is 9.12. The average Bonchev–Trinajstić information content (AvgIpc) is 3.08. The van der Waals surface area contributed by atoms with Gasteiger partial charge in [0.2, 0.25) is 0 Å². The summed E-state index contributed by atoms with van der Waals surface area (Å²) in [6.07, 6.45) is 3.99. The smallest absolute Gasteiger partial charge is 0.194 e. The van der Waals surface area contributed by atoms with Gasteiger partial charge in [-0.1, -0.05) is 109 Å². The Morgan fingerprint density at radius 2 is 0.909 bits per heavy atom. The van der Waals surface area contributed by atoms with E-state index in [9.17, 15) is 9.59 Å². The van der Waals surface area contributed by atoms with E-state index in [1.54, 1.807) is 12.1 Å². The number of rotatable bonds is 1. The van der Waals surface area contributed by atoms with Crippen LogP contribution < -0.4 is 9.47 Å². The zero-order valence-corrected chi connectivity index (χ0v) is 23.5. The number of ketones is 2. The Hall–Kier alpha value is -5.74. The third-order valence-corrected chi connectivity index (χ3v) is 9.12. The van der Waals surface area contributed by atoms with E-state index in [0.717, 1.165) is 44.9 Å². The van der Waals surface area contributed by atoms with Gasteiger partial charge in [0.15, 0.2) is 11.6 Å². The number of hydrogen-bond acceptors (Lipinski definition) is 4. The van der Waals surface area contributed by atoms with E-state index in [1.807, 2.05) is 103 Å². The fourth-order valence-electron chi connectivity index (χ4n) is 7.27. The van der Waals surface area contributed by atoms with Gasteiger partial charge in [0.25, 0.3) is 0 Å². The van der Waals surface area contributed by atoms with Crippen LogP contribution in [0.2, 0.25) is 0 Å². The van der Waals surface area contributed by atoms with Gasteiger partial charge in [-0.15, -0.1) is 0 Å². The summed E-state index contributed by atoms with van der Waals surface area (Å²) in [5.41, 5.74) is 7.36. The normalized spacial score (nSPS) is 17.9. The quantitative estimate of drug-likeness (QED) is 0.199. The summed E-state index contributed by atoms with van der Waals surface area (Å²) >= 11 is 0. The zero-order chi connectivity index (χ0) is 29.4. The fourth-order valence-corrected chi connectivity index (χ4v) is 7.27. The summed E-state index contributed by atoms with van der Waals surface area (Å²) in [7, 11) is 0. The van der Waals surface area contributed by atoms with Crippen molar-refractivity contribution < 1.29 is 19.1 Å². The van der Waals surface area contributed by atoms with Crippen molar-refractivity contribution in [2.75, 3.05) is 0 Å². The van der Waals surface area contributed by atoms with Crippen molar-refractivity contribution in [3.05, 3.63) is 184 Å². The van der Waals surface area contributed by atoms with Crippen LogP contribution in [0, 0.1) is 5.92 Å². The molecular weight excluding hydrogens is 544 g/mol. The molecule has 2 aliphatic heterocycles. The highest BCUT2D eigenvalue weighted by Crippen LogP contribution is 2.56. The number of para-hydroxylation sites is 4. The number of allylic oxidation sites excluding steroid dienone is 5. The summed E-state index contributed by atoms with van der Waals surface area (Å²) in [5, 5.41) is 0. The second-order valence-electron chi connectivity index (χ2n) is 11.4. The molecule has 0 fully saturated rings. The van der Waals surface area contributed by atoms with Crippen LogP contribution in [0.4, 0.5) is 0 Å². The Bertz CT molecular complexity index is 2090. The van der Waals surface area contributed by atoms with Crippen LogP contribution >= 0.6 is 0 Å². The Morgan fingerprint density at radius 3 is 1.50 bits per heavy atom. The van der Waals surface area contributed by atoms with Crippen LogP contribution in [0.25, 0.3) is 5.57 Å². The van der Waals surface area contributed by atoms with Crippen molar-refractivity contribution in [1.82, 2.24) is 0 Å². The lowest BCUT2D eigenvalue weighted by Gasteiger charge is -2.39. The number of fused-ring (bicyclic) bond motifs is 5. The molecule has 1 atom stereocenters. The van der Waals surface area contributed by atoms with Crippen molar-refractivity contribution in [2.24, 2.45) is 5.92 Å². The SMILES string of the molecule is O=C1C2=C(C(=O)c3ccccc31)C(=C1c3ccccc3Oc3ccccc31)C(C1c3ccccc3Oc3ccccc31)C=C2. The van der Waals surface area contributed by atoms with E-state index < -0.39 is 0 Å². The predicted octanol–water partition coefficient (Wildman–Crippen LogP) is 9.09. The van der Waals surface area contributed by atoms with Crippen LogP contribution in [0.15, 0.2) is 150 Å². The molecule has 1 unspecified atom stereocenters. The average molecular weight is 569 g/mol. The highest BCUT2D eigenvalue weighted by atomic mass is 16.5. The van der Waals surface area contributed by atoms with E-state index in [-0.39, 0.29) is 23.4 Å². The molecule has 2 aliphatic carbocycles. The van der Waals surface area contributed by atoms with Crippen molar-refractivity contribution in [1.29, 1.82) is 0 Å². The number of hydrogen-bond donors (Lipinski definition) is 0. The molecule has 0 radical (unpaired) electrons. The molecular formula is C40H24O4. The molecule has 5 aromatic rings. The maximum absolute atomic E-state index is 14.7. The molecule has 0 spiro atoms. The van der Waals surface area contributed by atoms with Crippen molar-refractivity contribution >= 4 is 17.1 Å². The lowest BCUT2D eigenvalue weighted by atomic mass is 9.65. The largest absolute Gasteiger partial charge is 0.457 e. The zero-order valence-electron chi connectivity index (χ0n) is 23.5. The van der Waals surface area contributed by atoms with Crippen LogP contribution in [-0.4, -0.2) is 11.6 Å². The van der Waals surface area contributed by atoms with Crippen LogP contribution in [0.1, 0.15) is 48.9 Å². The van der Waals surface area contributed by atoms with Gasteiger partial charge in [0.1, 0.15) is 23.0 Å². The van der Waals surface area contributed by atoms with Crippen molar-refractivity contribution in [3.8, 4) is 23.0 Å². The van der Waals surface area contributed by atoms with Crippen LogP contribution in [0.5, 0.6) is 23.0 Å². The molecule has 2 heterocycles. The standard InChI is InChI=1S/C40H24O4/c41-39-23-11-1-2-12-24(23)40(42)38-30(39)22-21-29(35-25-13-3-7-17-31(25)43-32-18-8-4-14-26(32)35)37(38)36-27-15-5-9-19-33(27)44-34-20-10-6-16-28(34)36/h1-22,29,35H. The molecule has 4 aliphatic rings. The van der Waals surface area contributed by atoms with Crippen LogP contribution in [0.3, 0.4) is 0 Å². The monoisotopic (exact) mass is 568 g/mol. The molecule has 9 rings (SSSR count). The van der Waals surface area contributed by atoms with Gasteiger partial charge in [0, 0.05) is 61.9 Å². The van der Waals surface area contributed by atoms with Gasteiger partial charge in [-0.05, 0) is 29.8 Å². The van der Waals surface area contributed by atoms with Crippen molar-refractivity contribution in [3.63, 3.8) is 0 Å². The lowest BCUT2D eigenvalue weighted by molar-refractivity contribution is 0.0977. The summed E-state index contributed by atoms with van der Waals surface area (Å²) in [6, 6.07) is 39.2. The number of ether oxygens (including phenoxy) is 2. The van der Waals surface area contributed by atoms with E-state index in [4.69, 9.17) is 9.47 Å². The number of carbonyl (C=O) groups excluding carboxylic acids is 2. The molecule has 208 valence electrons. The first-order valence-corrected chi connectivity index (χ1v) is 14.8. The van der Waals surface area contributed by atoms with Crippen LogP contribution in [-0.2, 0) is 0 Å². The Labute approximate surface area is 254 Å². The number of carbonyl (C=O) groups is 2. The molecule has 4 nitrogen and oxygen atoms in total. The highest BCUT2D eigenvalue weighted by molar-refractivity contribution is 6.30. The third kappa shape index (κ3) is 3.45. The first-order chi connectivity index (χ1) is 21.7. The molecule has 0 saturated carbocycles. The number of Topliss-reactive ketones (excluding diaryl/α,β-unsaturated/α-hetero) is 2. The predicted molar refractivity (Wildman–Crippen MR) is 169 cm³/mol. The molecule has 0 bridgehead atoms. The fraction of sp³-hybridized carbons (Fsp3) is 0.0500. The van der Waals surface area contributed by atoms with Gasteiger partial charge < -0.3 is 9.47 Å². The molecule has 0 saturated heterocycles. The van der Waals surface area contributed by atoms with Gasteiger partial charge in [-0.25, -0.2) is 0 Å². The van der Waals surface area contributed by atoms with Gasteiger partial charge in [0.05, 0.1) is 0 Å². The first-order valence-electron chi connectivity index (χ1n) is 14.8. The second kappa shape index (κ2) is 9.38. The minimum Gasteiger partial charge on any atom is -0.457 e. The van der Waals surface area contributed by atoms with E-state index in [1.165, 1.54) is 0 Å². The topological polar surface area (TPSA) is 52.6 Å². The molecule has 44 heavy (non-hydrogen) atoms. The van der Waals surface area contributed by atoms with Gasteiger partial charge >= 0.3 is 0 Å². The minimum atomic E-state index is -0.295. The van der Waals surface area contributed by atoms with E-state index in [0.29, 0.717) is 33.8 Å². The molecule has 4 heteroatoms. The highest BCUT2D eigenvalue weighted by Gasteiger charge is 2.44. The Balaban J connectivity index is 1.41.